The molecule has 0 saturated carbocycles. The van der Waals surface area contributed by atoms with E-state index in [9.17, 15) is 4.79 Å². The van der Waals surface area contributed by atoms with Crippen molar-refractivity contribution in [2.75, 3.05) is 6.61 Å². The van der Waals surface area contributed by atoms with Crippen molar-refractivity contribution in [3.05, 3.63) is 87.9 Å². The van der Waals surface area contributed by atoms with Gasteiger partial charge in [0.2, 0.25) is 0 Å². The minimum Gasteiger partial charge on any atom is -0.493 e. The van der Waals surface area contributed by atoms with Gasteiger partial charge in [-0.2, -0.15) is 5.10 Å². The van der Waals surface area contributed by atoms with Crippen LogP contribution in [-0.4, -0.2) is 27.5 Å². The first-order valence-electron chi connectivity index (χ1n) is 11.0. The highest BCUT2D eigenvalue weighted by Gasteiger charge is 2.18. The topological polar surface area (TPSA) is 64.3 Å². The van der Waals surface area contributed by atoms with Crippen LogP contribution in [0.25, 0.3) is 28.2 Å². The van der Waals surface area contributed by atoms with Crippen LogP contribution in [0.5, 0.6) is 5.75 Å². The number of benzene rings is 3. The van der Waals surface area contributed by atoms with Crippen LogP contribution in [0.2, 0.25) is 5.02 Å². The van der Waals surface area contributed by atoms with E-state index in [2.05, 4.69) is 22.9 Å². The van der Waals surface area contributed by atoms with E-state index in [1.165, 1.54) is 0 Å². The molecule has 0 unspecified atom stereocenters. The summed E-state index contributed by atoms with van der Waals surface area (Å²) in [7, 11) is 0. The number of aliphatic carboxylic acids is 1. The number of para-hydroxylation sites is 1. The summed E-state index contributed by atoms with van der Waals surface area (Å²) >= 11 is 10.1. The quantitative estimate of drug-likeness (QED) is 0.240. The summed E-state index contributed by atoms with van der Waals surface area (Å²) in [6.45, 7) is 2.63. The first-order valence-corrected chi connectivity index (χ1v) is 12.2. The number of carboxylic acid groups (broad SMARTS) is 1. The molecule has 0 aliphatic rings. The van der Waals surface area contributed by atoms with Crippen molar-refractivity contribution in [1.82, 2.24) is 9.78 Å². The Morgan fingerprint density at radius 1 is 1.09 bits per heavy atom. The van der Waals surface area contributed by atoms with Gasteiger partial charge in [-0.05, 0) is 60.9 Å². The molecular weight excluding hydrogens is 516 g/mol. The van der Waals surface area contributed by atoms with Crippen LogP contribution in [0.3, 0.4) is 0 Å². The van der Waals surface area contributed by atoms with Gasteiger partial charge in [0.1, 0.15) is 5.75 Å². The number of aryl methyl sites for hydroxylation is 1. The van der Waals surface area contributed by atoms with E-state index in [1.807, 2.05) is 77.5 Å². The summed E-state index contributed by atoms with van der Waals surface area (Å²) < 4.78 is 8.83. The molecule has 0 atom stereocenters. The van der Waals surface area contributed by atoms with Crippen molar-refractivity contribution >= 4 is 33.5 Å². The van der Waals surface area contributed by atoms with Gasteiger partial charge in [0, 0.05) is 22.0 Å². The molecule has 0 aliphatic carbocycles. The Balaban J connectivity index is 1.89. The average molecular weight is 540 g/mol. The fourth-order valence-electron chi connectivity index (χ4n) is 3.70. The third-order valence-electron chi connectivity index (χ3n) is 5.32. The van der Waals surface area contributed by atoms with Gasteiger partial charge in [0.25, 0.3) is 0 Å². The molecule has 1 aromatic heterocycles. The number of halogens is 2. The van der Waals surface area contributed by atoms with Crippen molar-refractivity contribution in [1.29, 1.82) is 0 Å². The molecule has 0 aliphatic heterocycles. The highest BCUT2D eigenvalue weighted by atomic mass is 79.9. The van der Waals surface area contributed by atoms with E-state index >= 15 is 0 Å². The maximum Gasteiger partial charge on any atom is 0.303 e. The summed E-state index contributed by atoms with van der Waals surface area (Å²) in [5.74, 6) is -0.113. The number of aromatic nitrogens is 2. The lowest BCUT2D eigenvalue weighted by atomic mass is 10.0. The number of hydrogen-bond donors (Lipinski definition) is 1. The first kappa shape index (κ1) is 24.0. The molecule has 0 fully saturated rings. The van der Waals surface area contributed by atoms with Gasteiger partial charge in [-0.1, -0.05) is 64.8 Å². The zero-order chi connectivity index (χ0) is 24.1. The molecule has 174 valence electrons. The monoisotopic (exact) mass is 538 g/mol. The number of ether oxygens (including phenoxy) is 1. The van der Waals surface area contributed by atoms with Crippen LogP contribution >= 0.6 is 27.5 Å². The molecule has 0 spiro atoms. The minimum atomic E-state index is -0.826. The molecule has 34 heavy (non-hydrogen) atoms. The number of carboxylic acids is 1. The molecule has 0 radical (unpaired) electrons. The Morgan fingerprint density at radius 2 is 1.91 bits per heavy atom. The summed E-state index contributed by atoms with van der Waals surface area (Å²) in [6, 6.07) is 23.4. The molecule has 7 heteroatoms. The second-order valence-corrected chi connectivity index (χ2v) is 9.18. The highest BCUT2D eigenvalue weighted by Crippen LogP contribution is 2.36. The Bertz CT molecular complexity index is 1320. The summed E-state index contributed by atoms with van der Waals surface area (Å²) in [6.07, 6.45) is 1.36. The molecule has 4 rings (SSSR count). The fraction of sp³-hybridized carbons (Fsp3) is 0.185. The summed E-state index contributed by atoms with van der Waals surface area (Å²) in [5, 5.41) is 14.6. The van der Waals surface area contributed by atoms with Crippen molar-refractivity contribution < 1.29 is 14.6 Å². The van der Waals surface area contributed by atoms with Crippen molar-refractivity contribution in [3.63, 3.8) is 0 Å². The van der Waals surface area contributed by atoms with Crippen molar-refractivity contribution in [3.8, 4) is 34.0 Å². The standard InChI is InChI=1S/C27H24BrClN2O3/c1-2-14-34-26-12-10-18(11-13-27(32)33)15-21(26)23-17-25(19-6-5-7-20(28)16-19)31(30-23)24-9-4-3-8-22(24)29/h3-10,12,15-17H,2,11,13-14H2,1H3,(H,32,33). The minimum absolute atomic E-state index is 0.0615. The van der Waals surface area contributed by atoms with Crippen LogP contribution in [0.4, 0.5) is 0 Å². The van der Waals surface area contributed by atoms with Crippen LogP contribution in [0.15, 0.2) is 77.3 Å². The number of nitrogens with zero attached hydrogens (tertiary/aromatic N) is 2. The van der Waals surface area contributed by atoms with Gasteiger partial charge >= 0.3 is 5.97 Å². The molecule has 0 saturated heterocycles. The van der Waals surface area contributed by atoms with Gasteiger partial charge in [-0.3, -0.25) is 4.79 Å². The molecule has 4 aromatic rings. The van der Waals surface area contributed by atoms with E-state index in [0.29, 0.717) is 23.8 Å². The van der Waals surface area contributed by atoms with Crippen LogP contribution in [-0.2, 0) is 11.2 Å². The third-order valence-corrected chi connectivity index (χ3v) is 6.13. The Labute approximate surface area is 212 Å². The van der Waals surface area contributed by atoms with E-state index in [4.69, 9.17) is 26.5 Å². The molecule has 1 N–H and O–H groups in total. The second-order valence-electron chi connectivity index (χ2n) is 7.86. The summed E-state index contributed by atoms with van der Waals surface area (Å²) in [4.78, 5) is 11.1. The lowest BCUT2D eigenvalue weighted by Gasteiger charge is -2.11. The van der Waals surface area contributed by atoms with E-state index in [-0.39, 0.29) is 6.42 Å². The lowest BCUT2D eigenvalue weighted by Crippen LogP contribution is -2.02. The predicted molar refractivity (Wildman–Crippen MR) is 139 cm³/mol. The molecule has 3 aromatic carbocycles. The highest BCUT2D eigenvalue weighted by molar-refractivity contribution is 9.10. The number of carbonyl (C=O) groups is 1. The SMILES string of the molecule is CCCOc1ccc(CCC(=O)O)cc1-c1cc(-c2cccc(Br)c2)n(-c2ccccc2Cl)n1. The van der Waals surface area contributed by atoms with Crippen LogP contribution in [0.1, 0.15) is 25.3 Å². The van der Waals surface area contributed by atoms with Gasteiger partial charge in [0.05, 0.1) is 28.7 Å². The fourth-order valence-corrected chi connectivity index (χ4v) is 4.31. The number of rotatable bonds is 9. The van der Waals surface area contributed by atoms with Gasteiger partial charge < -0.3 is 9.84 Å². The lowest BCUT2D eigenvalue weighted by molar-refractivity contribution is -0.136. The Kier molecular flexibility index (Phi) is 7.70. The van der Waals surface area contributed by atoms with Crippen molar-refractivity contribution in [2.24, 2.45) is 0 Å². The van der Waals surface area contributed by atoms with Crippen LogP contribution in [0, 0.1) is 0 Å². The van der Waals surface area contributed by atoms with Gasteiger partial charge in [-0.15, -0.1) is 0 Å². The molecule has 0 bridgehead atoms. The van der Waals surface area contributed by atoms with Gasteiger partial charge in [-0.25, -0.2) is 4.68 Å². The smallest absolute Gasteiger partial charge is 0.303 e. The third kappa shape index (κ3) is 5.51. The maximum absolute atomic E-state index is 11.1. The normalized spacial score (nSPS) is 10.9. The van der Waals surface area contributed by atoms with E-state index in [1.54, 1.807) is 0 Å². The zero-order valence-electron chi connectivity index (χ0n) is 18.7. The van der Waals surface area contributed by atoms with E-state index in [0.717, 1.165) is 44.7 Å². The average Bonchev–Trinajstić information content (AvgIpc) is 3.27. The molecule has 0 amide bonds. The Morgan fingerprint density at radius 3 is 2.65 bits per heavy atom. The largest absolute Gasteiger partial charge is 0.493 e. The predicted octanol–water partition coefficient (Wildman–Crippen LogP) is 7.43. The van der Waals surface area contributed by atoms with Crippen molar-refractivity contribution in [2.45, 2.75) is 26.2 Å². The van der Waals surface area contributed by atoms with Gasteiger partial charge in [0.15, 0.2) is 0 Å². The Hall–Kier alpha value is -3.09. The summed E-state index contributed by atoms with van der Waals surface area (Å²) in [5.41, 5.74) is 5.07. The zero-order valence-corrected chi connectivity index (χ0v) is 21.0. The van der Waals surface area contributed by atoms with E-state index < -0.39 is 5.97 Å². The first-order chi connectivity index (χ1) is 16.5. The molecular formula is C27H24BrClN2O3. The molecule has 1 heterocycles. The molecule has 5 nitrogen and oxygen atoms in total. The number of hydrogen-bond acceptors (Lipinski definition) is 3. The second kappa shape index (κ2) is 10.9. The van der Waals surface area contributed by atoms with Crippen LogP contribution < -0.4 is 4.74 Å². The maximum atomic E-state index is 11.1.